The van der Waals surface area contributed by atoms with E-state index in [2.05, 4.69) is 23.2 Å². The number of nitrogens with one attached hydrogen (secondary N) is 1. The van der Waals surface area contributed by atoms with Crippen molar-refractivity contribution in [3.63, 3.8) is 0 Å². The van der Waals surface area contributed by atoms with Gasteiger partial charge in [0, 0.05) is 22.9 Å². The van der Waals surface area contributed by atoms with Crippen LogP contribution in [0.4, 0.5) is 5.69 Å². The molecule has 0 fully saturated rings. The van der Waals surface area contributed by atoms with Crippen molar-refractivity contribution in [3.8, 4) is 6.07 Å². The zero-order valence-corrected chi connectivity index (χ0v) is 16.6. The number of rotatable bonds is 7. The third-order valence-electron chi connectivity index (χ3n) is 2.95. The van der Waals surface area contributed by atoms with Gasteiger partial charge in [-0.15, -0.1) is 0 Å². The average molecular weight is 405 g/mol. The Kier molecular flexibility index (Phi) is 10.8. The van der Waals surface area contributed by atoms with E-state index in [-0.39, 0.29) is 10.8 Å². The molecule has 28 heavy (non-hydrogen) atoms. The largest absolute Gasteiger partial charge is 0.463 e. The Morgan fingerprint density at radius 1 is 1.29 bits per heavy atom. The SMILES string of the molecule is C=C(C)C(=O)Nc1ccc(S(N)(=O)=O)cc1.C=C(CC=CC#N)C(=O)OCC. The van der Waals surface area contributed by atoms with Crippen molar-refractivity contribution in [2.24, 2.45) is 5.14 Å². The molecule has 1 rings (SSSR count). The molecule has 0 bridgehead atoms. The number of nitrogens with zero attached hydrogens (tertiary/aromatic N) is 1. The topological polar surface area (TPSA) is 139 Å². The van der Waals surface area contributed by atoms with Crippen LogP contribution in [-0.2, 0) is 24.3 Å². The maximum atomic E-state index is 11.2. The third-order valence-corrected chi connectivity index (χ3v) is 3.88. The Balaban J connectivity index is 0.000000546. The van der Waals surface area contributed by atoms with Crippen LogP contribution in [0.25, 0.3) is 0 Å². The summed E-state index contributed by atoms with van der Waals surface area (Å²) in [5, 5.41) is 15.6. The molecule has 1 aromatic carbocycles. The lowest BCUT2D eigenvalue weighted by Crippen LogP contribution is -2.13. The van der Waals surface area contributed by atoms with E-state index >= 15 is 0 Å². The van der Waals surface area contributed by atoms with Gasteiger partial charge in [-0.1, -0.05) is 19.2 Å². The third kappa shape index (κ3) is 10.1. The summed E-state index contributed by atoms with van der Waals surface area (Å²) in [5.41, 5.74) is 1.22. The van der Waals surface area contributed by atoms with E-state index in [4.69, 9.17) is 10.4 Å². The van der Waals surface area contributed by atoms with Gasteiger partial charge in [0.05, 0.1) is 17.6 Å². The Morgan fingerprint density at radius 2 is 1.86 bits per heavy atom. The molecule has 0 saturated carbocycles. The average Bonchev–Trinajstić information content (AvgIpc) is 2.62. The smallest absolute Gasteiger partial charge is 0.333 e. The van der Waals surface area contributed by atoms with Gasteiger partial charge in [-0.05, 0) is 44.5 Å². The second-order valence-corrected chi connectivity index (χ2v) is 6.92. The van der Waals surface area contributed by atoms with E-state index in [1.807, 2.05) is 6.07 Å². The lowest BCUT2D eigenvalue weighted by atomic mass is 10.2. The summed E-state index contributed by atoms with van der Waals surface area (Å²) in [6.07, 6.45) is 3.25. The van der Waals surface area contributed by atoms with Crippen LogP contribution in [0.1, 0.15) is 20.3 Å². The highest BCUT2D eigenvalue weighted by Gasteiger charge is 2.08. The number of carbonyl (C=O) groups excluding carboxylic acids is 2. The minimum absolute atomic E-state index is 0.000763. The van der Waals surface area contributed by atoms with E-state index in [1.165, 1.54) is 30.3 Å². The summed E-state index contributed by atoms with van der Waals surface area (Å²) in [4.78, 5) is 22.1. The van der Waals surface area contributed by atoms with E-state index in [9.17, 15) is 18.0 Å². The number of anilines is 1. The van der Waals surface area contributed by atoms with Crippen LogP contribution in [0.15, 0.2) is 65.6 Å². The number of hydrogen-bond acceptors (Lipinski definition) is 6. The van der Waals surface area contributed by atoms with Gasteiger partial charge in [0.15, 0.2) is 0 Å². The van der Waals surface area contributed by atoms with Crippen LogP contribution in [0.5, 0.6) is 0 Å². The molecule has 0 saturated heterocycles. The minimum Gasteiger partial charge on any atom is -0.463 e. The van der Waals surface area contributed by atoms with Gasteiger partial charge in [-0.2, -0.15) is 5.26 Å². The molecule has 0 aliphatic heterocycles. The maximum absolute atomic E-state index is 11.2. The Bertz CT molecular complexity index is 894. The summed E-state index contributed by atoms with van der Waals surface area (Å²) < 4.78 is 26.6. The standard InChI is InChI=1S/C10H12N2O3S.C9H11NO2/c1-7(2)10(13)12-8-3-5-9(6-4-8)16(11,14)15;1-3-12-9(11)8(2)6-4-5-7-10/h3-6H,1H2,2H3,(H,12,13)(H2,11,14,15);4-5H,2-3,6H2,1H3. The van der Waals surface area contributed by atoms with Crippen LogP contribution < -0.4 is 10.5 Å². The van der Waals surface area contributed by atoms with Crippen molar-refractivity contribution in [3.05, 3.63) is 60.7 Å². The number of ether oxygens (including phenoxy) is 1. The molecule has 3 N–H and O–H groups in total. The number of esters is 1. The van der Waals surface area contributed by atoms with Crippen molar-refractivity contribution in [2.45, 2.75) is 25.2 Å². The zero-order valence-electron chi connectivity index (χ0n) is 15.8. The molecule has 8 nitrogen and oxygen atoms in total. The number of sulfonamides is 1. The number of nitrogens with two attached hydrogens (primary N) is 1. The summed E-state index contributed by atoms with van der Waals surface area (Å²) >= 11 is 0. The molecule has 0 spiro atoms. The first-order valence-electron chi connectivity index (χ1n) is 8.02. The quantitative estimate of drug-likeness (QED) is 0.406. The Morgan fingerprint density at radius 3 is 2.29 bits per heavy atom. The first kappa shape index (κ1) is 24.8. The Labute approximate surface area is 165 Å². The minimum atomic E-state index is -3.69. The second kappa shape index (κ2) is 12.2. The van der Waals surface area contributed by atoms with Gasteiger partial charge in [-0.3, -0.25) is 4.79 Å². The number of amides is 1. The van der Waals surface area contributed by atoms with Crippen LogP contribution in [0, 0.1) is 11.3 Å². The number of benzene rings is 1. The highest BCUT2D eigenvalue weighted by atomic mass is 32.2. The van der Waals surface area contributed by atoms with Crippen LogP contribution in [0.3, 0.4) is 0 Å². The molecular weight excluding hydrogens is 382 g/mol. The molecule has 0 unspecified atom stereocenters. The van der Waals surface area contributed by atoms with Crippen LogP contribution >= 0.6 is 0 Å². The van der Waals surface area contributed by atoms with Crippen LogP contribution in [0.2, 0.25) is 0 Å². The van der Waals surface area contributed by atoms with Gasteiger partial charge >= 0.3 is 5.97 Å². The molecule has 0 aliphatic carbocycles. The van der Waals surface area contributed by atoms with Gasteiger partial charge in [0.1, 0.15) is 0 Å². The number of nitriles is 1. The number of primary sulfonamides is 1. The molecule has 1 amide bonds. The van der Waals surface area contributed by atoms with Crippen molar-refractivity contribution < 1.29 is 22.7 Å². The molecule has 0 radical (unpaired) electrons. The predicted molar refractivity (Wildman–Crippen MR) is 106 cm³/mol. The molecule has 150 valence electrons. The maximum Gasteiger partial charge on any atom is 0.333 e. The van der Waals surface area contributed by atoms with E-state index in [0.717, 1.165) is 0 Å². The van der Waals surface area contributed by atoms with E-state index in [1.54, 1.807) is 19.9 Å². The Hall–Kier alpha value is -3.22. The monoisotopic (exact) mass is 405 g/mol. The molecule has 1 aromatic rings. The fourth-order valence-corrected chi connectivity index (χ4v) is 2.05. The van der Waals surface area contributed by atoms with Crippen molar-refractivity contribution in [2.75, 3.05) is 11.9 Å². The number of hydrogen-bond donors (Lipinski definition) is 2. The fourth-order valence-electron chi connectivity index (χ4n) is 1.54. The lowest BCUT2D eigenvalue weighted by Gasteiger charge is -2.05. The van der Waals surface area contributed by atoms with Gasteiger partial charge in [-0.25, -0.2) is 18.4 Å². The zero-order chi connectivity index (χ0) is 21.7. The molecule has 0 aromatic heterocycles. The van der Waals surface area contributed by atoms with E-state index < -0.39 is 16.0 Å². The molecule has 0 atom stereocenters. The number of carbonyl (C=O) groups is 2. The fraction of sp³-hybridized carbons (Fsp3) is 0.211. The molecule has 9 heteroatoms. The first-order valence-corrected chi connectivity index (χ1v) is 9.56. The normalized spacial score (nSPS) is 10.2. The lowest BCUT2D eigenvalue weighted by molar-refractivity contribution is -0.138. The highest BCUT2D eigenvalue weighted by molar-refractivity contribution is 7.89. The summed E-state index contributed by atoms with van der Waals surface area (Å²) in [6.45, 7) is 10.6. The van der Waals surface area contributed by atoms with Gasteiger partial charge in [0.25, 0.3) is 5.91 Å². The van der Waals surface area contributed by atoms with Crippen LogP contribution in [-0.4, -0.2) is 26.9 Å². The van der Waals surface area contributed by atoms with Crippen molar-refractivity contribution in [1.29, 1.82) is 5.26 Å². The van der Waals surface area contributed by atoms with Gasteiger partial charge < -0.3 is 10.1 Å². The highest BCUT2D eigenvalue weighted by Crippen LogP contribution is 2.13. The molecule has 0 aliphatic rings. The summed E-state index contributed by atoms with van der Waals surface area (Å²) in [6, 6.07) is 7.38. The van der Waals surface area contributed by atoms with Crippen molar-refractivity contribution >= 4 is 27.6 Å². The molecular formula is C19H23N3O5S. The van der Waals surface area contributed by atoms with E-state index in [0.29, 0.717) is 29.9 Å². The van der Waals surface area contributed by atoms with Crippen molar-refractivity contribution in [1.82, 2.24) is 0 Å². The summed E-state index contributed by atoms with van der Waals surface area (Å²) in [5.74, 6) is -0.719. The second-order valence-electron chi connectivity index (χ2n) is 5.36. The first-order chi connectivity index (χ1) is 13.0. The number of allylic oxidation sites excluding steroid dienone is 2. The van der Waals surface area contributed by atoms with Gasteiger partial charge in [0.2, 0.25) is 10.0 Å². The summed E-state index contributed by atoms with van der Waals surface area (Å²) in [7, 11) is -3.69. The predicted octanol–water partition coefficient (Wildman–Crippen LogP) is 2.42. The molecule has 0 heterocycles.